The zero-order chi connectivity index (χ0) is 90.9. The van der Waals surface area contributed by atoms with E-state index in [2.05, 4.69) is 385 Å². The van der Waals surface area contributed by atoms with E-state index >= 15 is 0 Å². The number of fused-ring (bicyclic) bond motifs is 12. The summed E-state index contributed by atoms with van der Waals surface area (Å²) in [7, 11) is 0. The van der Waals surface area contributed by atoms with Gasteiger partial charge in [0.05, 0.1) is 67.8 Å². The minimum absolute atomic E-state index is 0.191. The first-order chi connectivity index (χ1) is 66.2. The van der Waals surface area contributed by atoms with Gasteiger partial charge < -0.3 is 0 Å². The molecule has 25 rings (SSSR count). The summed E-state index contributed by atoms with van der Waals surface area (Å²) in [5, 5.41) is 3.46. The summed E-state index contributed by atoms with van der Waals surface area (Å²) >= 11 is 0. The van der Waals surface area contributed by atoms with Crippen molar-refractivity contribution in [1.29, 1.82) is 0 Å². The van der Waals surface area contributed by atoms with Crippen LogP contribution in [0.4, 0.5) is 0 Å². The Bertz CT molecular complexity index is 7930. The lowest BCUT2D eigenvalue weighted by Gasteiger charge is -2.25. The van der Waals surface area contributed by atoms with Gasteiger partial charge in [-0.2, -0.15) is 0 Å². The van der Waals surface area contributed by atoms with Gasteiger partial charge in [-0.05, 0) is 168 Å². The van der Waals surface area contributed by atoms with Gasteiger partial charge >= 0.3 is 0 Å². The Hall–Kier alpha value is -17.2. The molecule has 14 aromatic carbocycles. The van der Waals surface area contributed by atoms with E-state index in [9.17, 15) is 0 Å². The maximum atomic E-state index is 5.24. The number of rotatable bonds is 13. The van der Waals surface area contributed by atoms with Gasteiger partial charge in [-0.25, -0.2) is 44.9 Å². The molecule has 0 spiro atoms. The van der Waals surface area contributed by atoms with Crippen molar-refractivity contribution >= 4 is 32.7 Å². The van der Waals surface area contributed by atoms with Crippen LogP contribution in [0.15, 0.2) is 431 Å². The maximum Gasteiger partial charge on any atom is 0.164 e. The largest absolute Gasteiger partial charge is 0.255 e. The van der Waals surface area contributed by atoms with Crippen molar-refractivity contribution in [2.45, 2.75) is 57.8 Å². The van der Waals surface area contributed by atoms with E-state index in [0.29, 0.717) is 23.3 Å². The van der Waals surface area contributed by atoms with Gasteiger partial charge in [0.2, 0.25) is 0 Å². The fraction of sp³-hybridized carbons (Fsp3) is 0.0726. The van der Waals surface area contributed by atoms with Crippen molar-refractivity contribution in [2.75, 3.05) is 0 Å². The monoisotopic (exact) mass is 1730 g/mol. The van der Waals surface area contributed by atoms with Crippen LogP contribution in [0.2, 0.25) is 0 Å². The van der Waals surface area contributed by atoms with Gasteiger partial charge in [-0.3, -0.25) is 9.97 Å². The molecule has 0 amide bonds. The molecule has 3 aliphatic rings. The van der Waals surface area contributed by atoms with Crippen molar-refractivity contribution in [1.82, 2.24) is 54.8 Å². The standard InChI is InChI=1S/C45H32N4.C40H29N3.C39H28N4/c1-45(2)37-22-11-9-20-35(37)41-40(45)39(36-21-10-12-23-38(36)46-41)33-18-13-19-34(28-33)44-48-42(31-16-7-4-8-17-31)47-43(49-44)32-26-24-30(25-27-32)29-14-5-3-6-15-29;1-40(2)32-22-11-9-20-30(32)38-37(40)36(31-21-10-12-23-33(31)41-38)28-18-13-19-29(24-28)39-42-34(26-14-5-3-6-15-26)25-35(43-39)27-16-7-4-8-17-27;1-39(2)30-16-5-3-14-28(30)38-37(39)36(29-15-4-6-17-31(29)43-38)26-13-11-12-25(22-26)27-23-34(32-18-7-9-20-40-32)42-35(24-27)33-19-8-10-21-41-33/h3-28H,1-2H3;3-25H,1-2H3;3-24H,1-2H3. The van der Waals surface area contributed by atoms with Crippen LogP contribution >= 0.6 is 0 Å². The summed E-state index contributed by atoms with van der Waals surface area (Å²) in [6, 6.07) is 146. The highest BCUT2D eigenvalue weighted by molar-refractivity contribution is 6.06. The zero-order valence-corrected chi connectivity index (χ0v) is 75.4. The number of hydrogen-bond acceptors (Lipinski definition) is 11. The highest BCUT2D eigenvalue weighted by atomic mass is 15.0. The maximum absolute atomic E-state index is 5.24. The third-order valence-electron chi connectivity index (χ3n) is 26.9. The van der Waals surface area contributed by atoms with Crippen molar-refractivity contribution in [3.63, 3.8) is 0 Å². The van der Waals surface area contributed by atoms with Gasteiger partial charge in [0.1, 0.15) is 0 Å². The first kappa shape index (κ1) is 82.3. The molecule has 0 bridgehead atoms. The van der Waals surface area contributed by atoms with E-state index in [1.165, 1.54) is 77.9 Å². The molecule has 22 aromatic rings. The molecule has 8 heterocycles. The summed E-state index contributed by atoms with van der Waals surface area (Å²) < 4.78 is 0. The van der Waals surface area contributed by atoms with E-state index in [1.807, 2.05) is 84.9 Å². The van der Waals surface area contributed by atoms with E-state index in [0.717, 1.165) is 145 Å². The number of nitrogens with zero attached hydrogens (tertiary/aromatic N) is 11. The summed E-state index contributed by atoms with van der Waals surface area (Å²) in [5.74, 6) is 2.63. The Labute approximate surface area is 784 Å². The minimum atomic E-state index is -0.221. The molecule has 0 fully saturated rings. The number of pyridine rings is 6. The second-order valence-corrected chi connectivity index (χ2v) is 36.3. The number of para-hydroxylation sites is 3. The SMILES string of the molecule is CC1(C)c2ccccc2-c2nc3ccccc3c(-c3cccc(-c4cc(-c5ccccn5)nc(-c5ccccn5)c4)c3)c21.CC1(C)c2ccccc2-c2nc3ccccc3c(-c3cccc(-c4nc(-c5ccccc5)cc(-c5ccccc5)n4)c3)c21.CC1(C)c2ccccc2-c2nc3ccccc3c(-c3cccc(-c4nc(-c5ccccc5)nc(-c5ccc(-c6ccccc6)cc5)n4)c3)c21. The molecule has 0 saturated carbocycles. The lowest BCUT2D eigenvalue weighted by molar-refractivity contribution is 0.661. The molecule has 8 aromatic heterocycles. The Morgan fingerprint density at radius 3 is 0.852 bits per heavy atom. The van der Waals surface area contributed by atoms with E-state index in [4.69, 9.17) is 44.9 Å². The zero-order valence-electron chi connectivity index (χ0n) is 75.4. The van der Waals surface area contributed by atoms with Crippen LogP contribution < -0.4 is 0 Å². The van der Waals surface area contributed by atoms with Gasteiger partial charge in [-0.1, -0.05) is 381 Å². The smallest absolute Gasteiger partial charge is 0.164 e. The van der Waals surface area contributed by atoms with Crippen LogP contribution in [0.1, 0.15) is 74.9 Å². The van der Waals surface area contributed by atoms with Gasteiger partial charge in [-0.15, -0.1) is 0 Å². The predicted molar refractivity (Wildman–Crippen MR) is 551 cm³/mol. The molecule has 11 heteroatoms. The molecule has 11 nitrogen and oxygen atoms in total. The first-order valence-electron chi connectivity index (χ1n) is 45.9. The molecule has 0 atom stereocenters. The van der Waals surface area contributed by atoms with Gasteiger partial charge in [0, 0.05) is 94.9 Å². The molecule has 0 aliphatic heterocycles. The van der Waals surface area contributed by atoms with Crippen LogP contribution in [0.5, 0.6) is 0 Å². The Kier molecular flexibility index (Phi) is 20.7. The molecular weight excluding hydrogens is 1640 g/mol. The topological polar surface area (TPSA) is 142 Å². The van der Waals surface area contributed by atoms with E-state index < -0.39 is 0 Å². The number of hydrogen-bond donors (Lipinski definition) is 0. The average Bonchev–Trinajstić information content (AvgIpc) is 1.56. The lowest BCUT2D eigenvalue weighted by atomic mass is 9.78. The Balaban J connectivity index is 0.000000114. The van der Waals surface area contributed by atoms with Crippen molar-refractivity contribution in [2.24, 2.45) is 0 Å². The highest BCUT2D eigenvalue weighted by Gasteiger charge is 2.43. The molecule has 640 valence electrons. The second-order valence-electron chi connectivity index (χ2n) is 36.3. The number of aromatic nitrogens is 11. The third-order valence-corrected chi connectivity index (χ3v) is 26.9. The highest BCUT2D eigenvalue weighted by Crippen LogP contribution is 2.57. The summed E-state index contributed by atoms with van der Waals surface area (Å²) in [6.07, 6.45) is 3.61. The molecule has 0 N–H and O–H groups in total. The summed E-state index contributed by atoms with van der Waals surface area (Å²) in [5.41, 5.74) is 39.6. The summed E-state index contributed by atoms with van der Waals surface area (Å²) in [6.45, 7) is 13.9. The quantitative estimate of drug-likeness (QED) is 0.109. The second kappa shape index (κ2) is 34.0. The van der Waals surface area contributed by atoms with Crippen molar-refractivity contribution in [3.05, 3.63) is 464 Å². The van der Waals surface area contributed by atoms with E-state index in [1.54, 1.807) is 12.4 Å². The van der Waals surface area contributed by atoms with Gasteiger partial charge in [0.25, 0.3) is 0 Å². The third kappa shape index (κ3) is 15.0. The Morgan fingerprint density at radius 1 is 0.170 bits per heavy atom. The van der Waals surface area contributed by atoms with Crippen LogP contribution in [0, 0.1) is 0 Å². The molecule has 0 saturated heterocycles. The van der Waals surface area contributed by atoms with Crippen molar-refractivity contribution in [3.8, 4) is 180 Å². The molecule has 3 aliphatic carbocycles. The lowest BCUT2D eigenvalue weighted by Crippen LogP contribution is -2.16. The number of benzene rings is 14. The minimum Gasteiger partial charge on any atom is -0.255 e. The summed E-state index contributed by atoms with van der Waals surface area (Å²) in [4.78, 5) is 55.2. The predicted octanol–water partition coefficient (Wildman–Crippen LogP) is 30.5. The Morgan fingerprint density at radius 2 is 0.459 bits per heavy atom. The normalized spacial score (nSPS) is 13.0. The van der Waals surface area contributed by atoms with Gasteiger partial charge in [0.15, 0.2) is 23.3 Å². The fourth-order valence-electron chi connectivity index (χ4n) is 20.4. The molecule has 135 heavy (non-hydrogen) atoms. The van der Waals surface area contributed by atoms with Crippen LogP contribution in [-0.4, -0.2) is 54.8 Å². The van der Waals surface area contributed by atoms with Crippen LogP contribution in [0.25, 0.3) is 213 Å². The van der Waals surface area contributed by atoms with Crippen LogP contribution in [-0.2, 0) is 16.2 Å². The van der Waals surface area contributed by atoms with E-state index in [-0.39, 0.29) is 16.2 Å². The average molecular weight is 1730 g/mol. The van der Waals surface area contributed by atoms with Crippen LogP contribution in [0.3, 0.4) is 0 Å². The fourth-order valence-corrected chi connectivity index (χ4v) is 20.4. The molecule has 0 radical (unpaired) electrons. The molecule has 0 unspecified atom stereocenters. The molecular formula is C124H89N11. The first-order valence-corrected chi connectivity index (χ1v) is 45.9. The van der Waals surface area contributed by atoms with Crippen molar-refractivity contribution < 1.29 is 0 Å².